The summed E-state index contributed by atoms with van der Waals surface area (Å²) in [6, 6.07) is 0. The second kappa shape index (κ2) is 4.58. The molecule has 0 aliphatic carbocycles. The Hall–Kier alpha value is -1.27. The van der Waals surface area contributed by atoms with Crippen molar-refractivity contribution in [3.05, 3.63) is 35.9 Å². The number of hydrogen-bond acceptors (Lipinski definition) is 2. The zero-order valence-electron chi connectivity index (χ0n) is 7.34. The van der Waals surface area contributed by atoms with Crippen LogP contribution in [0.1, 0.15) is 24.7 Å². The predicted molar refractivity (Wildman–Crippen MR) is 47.9 cm³/mol. The molecule has 0 saturated carbocycles. The molecule has 0 aromatic carbocycles. The Kier molecular flexibility index (Phi) is 3.36. The van der Waals surface area contributed by atoms with Gasteiger partial charge in [-0.1, -0.05) is 18.7 Å². The molecule has 0 atom stereocenters. The number of aromatic nitrogens is 1. The lowest BCUT2D eigenvalue weighted by molar-refractivity contribution is 0.381. The highest BCUT2D eigenvalue weighted by atomic mass is 16.5. The maximum Gasteiger partial charge on any atom is 0.140 e. The smallest absolute Gasteiger partial charge is 0.140 e. The summed E-state index contributed by atoms with van der Waals surface area (Å²) < 4.78 is 5.08. The van der Waals surface area contributed by atoms with Gasteiger partial charge in [0.1, 0.15) is 5.76 Å². The van der Waals surface area contributed by atoms with Crippen molar-refractivity contribution in [2.75, 3.05) is 0 Å². The monoisotopic (exact) mass is 163 g/mol. The predicted octanol–water partition coefficient (Wildman–Crippen LogP) is 2.51. The third kappa shape index (κ3) is 2.11. The summed E-state index contributed by atoms with van der Waals surface area (Å²) in [5.74, 6) is 0.990. The highest BCUT2D eigenvalue weighted by molar-refractivity contribution is 5.16. The van der Waals surface area contributed by atoms with Crippen LogP contribution in [-0.2, 0) is 12.8 Å². The molecule has 0 spiro atoms. The highest BCUT2D eigenvalue weighted by Gasteiger charge is 2.04. The van der Waals surface area contributed by atoms with Crippen molar-refractivity contribution >= 4 is 0 Å². The second-order valence-corrected chi connectivity index (χ2v) is 2.64. The topological polar surface area (TPSA) is 26.0 Å². The van der Waals surface area contributed by atoms with E-state index in [1.807, 2.05) is 6.08 Å². The molecule has 0 unspecified atom stereocenters. The molecule has 0 fully saturated rings. The van der Waals surface area contributed by atoms with Crippen LogP contribution in [0.15, 0.2) is 29.1 Å². The molecular weight excluding hydrogens is 150 g/mol. The molecule has 0 bridgehead atoms. The van der Waals surface area contributed by atoms with E-state index in [4.69, 9.17) is 4.52 Å². The van der Waals surface area contributed by atoms with Gasteiger partial charge in [0.2, 0.25) is 0 Å². The molecule has 0 N–H and O–H groups in total. The number of nitrogens with zero attached hydrogens (tertiary/aromatic N) is 1. The van der Waals surface area contributed by atoms with Crippen LogP contribution in [0.5, 0.6) is 0 Å². The SMILES string of the molecule is C=C=CCc1cnoc1CCC. The summed E-state index contributed by atoms with van der Waals surface area (Å²) in [7, 11) is 0. The van der Waals surface area contributed by atoms with Crippen LogP contribution >= 0.6 is 0 Å². The lowest BCUT2D eigenvalue weighted by atomic mass is 10.1. The van der Waals surface area contributed by atoms with E-state index < -0.39 is 0 Å². The van der Waals surface area contributed by atoms with Gasteiger partial charge >= 0.3 is 0 Å². The number of rotatable bonds is 4. The van der Waals surface area contributed by atoms with Crippen LogP contribution in [0.3, 0.4) is 0 Å². The zero-order valence-corrected chi connectivity index (χ0v) is 7.34. The summed E-state index contributed by atoms with van der Waals surface area (Å²) in [6.07, 6.45) is 6.51. The standard InChI is InChI=1S/C10H13NO/c1-3-5-7-9-8-11-12-10(9)6-4-2/h5,8H,1,4,6-7H2,2H3. The van der Waals surface area contributed by atoms with Crippen molar-refractivity contribution in [3.8, 4) is 0 Å². The highest BCUT2D eigenvalue weighted by Crippen LogP contribution is 2.10. The lowest BCUT2D eigenvalue weighted by Crippen LogP contribution is -1.86. The molecule has 1 aromatic heterocycles. The van der Waals surface area contributed by atoms with Crippen LogP contribution in [0.25, 0.3) is 0 Å². The Labute approximate surface area is 72.6 Å². The largest absolute Gasteiger partial charge is 0.361 e. The van der Waals surface area contributed by atoms with Crippen molar-refractivity contribution in [3.63, 3.8) is 0 Å². The maximum atomic E-state index is 5.08. The van der Waals surface area contributed by atoms with Crippen molar-refractivity contribution in [1.29, 1.82) is 0 Å². The minimum atomic E-state index is 0.822. The fourth-order valence-corrected chi connectivity index (χ4v) is 1.07. The first-order valence-corrected chi connectivity index (χ1v) is 4.15. The Balaban J connectivity index is 2.69. The molecule has 1 aromatic rings. The van der Waals surface area contributed by atoms with Gasteiger partial charge in [0.15, 0.2) is 0 Å². The van der Waals surface area contributed by atoms with E-state index in [9.17, 15) is 0 Å². The molecule has 12 heavy (non-hydrogen) atoms. The van der Waals surface area contributed by atoms with Crippen LogP contribution < -0.4 is 0 Å². The average molecular weight is 163 g/mol. The van der Waals surface area contributed by atoms with E-state index in [0.29, 0.717) is 0 Å². The second-order valence-electron chi connectivity index (χ2n) is 2.64. The molecule has 0 saturated heterocycles. The Morgan fingerprint density at radius 3 is 3.25 bits per heavy atom. The first kappa shape index (κ1) is 8.82. The summed E-state index contributed by atoms with van der Waals surface area (Å²) >= 11 is 0. The molecule has 0 radical (unpaired) electrons. The quantitative estimate of drug-likeness (QED) is 0.637. The lowest BCUT2D eigenvalue weighted by Gasteiger charge is -1.93. The minimum absolute atomic E-state index is 0.822. The van der Waals surface area contributed by atoms with E-state index in [2.05, 4.69) is 24.4 Å². The first-order valence-electron chi connectivity index (χ1n) is 4.15. The molecule has 64 valence electrons. The normalized spacial score (nSPS) is 9.42. The van der Waals surface area contributed by atoms with Gasteiger partial charge in [-0.25, -0.2) is 0 Å². The van der Waals surface area contributed by atoms with Gasteiger partial charge in [-0.2, -0.15) is 0 Å². The van der Waals surface area contributed by atoms with Crippen molar-refractivity contribution in [1.82, 2.24) is 5.16 Å². The Bertz CT molecular complexity index is 282. The molecule has 1 heterocycles. The van der Waals surface area contributed by atoms with Crippen molar-refractivity contribution < 1.29 is 4.52 Å². The number of hydrogen-bond donors (Lipinski definition) is 0. The molecule has 2 heteroatoms. The van der Waals surface area contributed by atoms with Gasteiger partial charge in [0.05, 0.1) is 6.20 Å². The van der Waals surface area contributed by atoms with E-state index in [0.717, 1.165) is 30.6 Å². The van der Waals surface area contributed by atoms with E-state index in [-0.39, 0.29) is 0 Å². The summed E-state index contributed by atoms with van der Waals surface area (Å²) in [5.41, 5.74) is 3.88. The van der Waals surface area contributed by atoms with Crippen LogP contribution in [0, 0.1) is 0 Å². The van der Waals surface area contributed by atoms with Crippen LogP contribution in [0.4, 0.5) is 0 Å². The summed E-state index contributed by atoms with van der Waals surface area (Å²) in [5, 5.41) is 3.75. The van der Waals surface area contributed by atoms with Gasteiger partial charge in [-0.15, -0.1) is 5.73 Å². The van der Waals surface area contributed by atoms with Crippen molar-refractivity contribution in [2.24, 2.45) is 0 Å². The third-order valence-corrected chi connectivity index (χ3v) is 1.67. The molecule has 0 amide bonds. The third-order valence-electron chi connectivity index (χ3n) is 1.67. The first-order chi connectivity index (χ1) is 5.88. The maximum absolute atomic E-state index is 5.08. The van der Waals surface area contributed by atoms with Gasteiger partial charge in [0.25, 0.3) is 0 Å². The van der Waals surface area contributed by atoms with Crippen LogP contribution in [0.2, 0.25) is 0 Å². The Morgan fingerprint density at radius 2 is 2.58 bits per heavy atom. The fraction of sp³-hybridized carbons (Fsp3) is 0.400. The number of aryl methyl sites for hydroxylation is 1. The van der Waals surface area contributed by atoms with Gasteiger partial charge < -0.3 is 4.52 Å². The fourth-order valence-electron chi connectivity index (χ4n) is 1.07. The molecule has 0 aliphatic heterocycles. The van der Waals surface area contributed by atoms with E-state index in [1.165, 1.54) is 0 Å². The van der Waals surface area contributed by atoms with Crippen LogP contribution in [-0.4, -0.2) is 5.16 Å². The van der Waals surface area contributed by atoms with E-state index >= 15 is 0 Å². The van der Waals surface area contributed by atoms with Gasteiger partial charge in [-0.05, 0) is 12.5 Å². The average Bonchev–Trinajstić information content (AvgIpc) is 2.50. The minimum Gasteiger partial charge on any atom is -0.361 e. The molecule has 0 aliphatic rings. The summed E-state index contributed by atoms with van der Waals surface area (Å²) in [4.78, 5) is 0. The summed E-state index contributed by atoms with van der Waals surface area (Å²) in [6.45, 7) is 5.62. The van der Waals surface area contributed by atoms with Crippen molar-refractivity contribution in [2.45, 2.75) is 26.2 Å². The van der Waals surface area contributed by atoms with E-state index in [1.54, 1.807) is 6.20 Å². The number of allylic oxidation sites excluding steroid dienone is 1. The van der Waals surface area contributed by atoms with Gasteiger partial charge in [-0.3, -0.25) is 0 Å². The molecule has 1 rings (SSSR count). The molecule has 2 nitrogen and oxygen atoms in total. The Morgan fingerprint density at radius 1 is 1.75 bits per heavy atom. The zero-order chi connectivity index (χ0) is 8.81. The molecular formula is C10H13NO. The van der Waals surface area contributed by atoms with Gasteiger partial charge in [0, 0.05) is 18.4 Å².